The van der Waals surface area contributed by atoms with Gasteiger partial charge in [-0.15, -0.1) is 0 Å². The average molecular weight is 303 g/mol. The van der Waals surface area contributed by atoms with Gasteiger partial charge in [0.2, 0.25) is 0 Å². The Morgan fingerprint density at radius 2 is 1.95 bits per heavy atom. The van der Waals surface area contributed by atoms with E-state index in [1.807, 2.05) is 5.57 Å². The molecule has 22 heavy (non-hydrogen) atoms. The monoisotopic (exact) mass is 302 g/mol. The van der Waals surface area contributed by atoms with Crippen molar-refractivity contribution in [3.8, 4) is 0 Å². The minimum Gasteiger partial charge on any atom is -0.396 e. The van der Waals surface area contributed by atoms with Crippen LogP contribution in [0.25, 0.3) is 0 Å². The lowest BCUT2D eigenvalue weighted by Gasteiger charge is -2.58. The average Bonchev–Trinajstić information content (AvgIpc) is 2.84. The van der Waals surface area contributed by atoms with Crippen LogP contribution in [0.5, 0.6) is 0 Å². The third-order valence-corrected chi connectivity index (χ3v) is 8.70. The molecule has 0 aromatic rings. The van der Waals surface area contributed by atoms with Gasteiger partial charge in [-0.25, -0.2) is 0 Å². The van der Waals surface area contributed by atoms with Crippen molar-refractivity contribution in [1.82, 2.24) is 0 Å². The molecule has 4 aliphatic carbocycles. The molecular weight excluding hydrogens is 268 g/mol. The first-order valence-corrected chi connectivity index (χ1v) is 9.90. The van der Waals surface area contributed by atoms with Gasteiger partial charge in [0, 0.05) is 6.61 Å². The first-order valence-electron chi connectivity index (χ1n) is 9.90. The lowest BCUT2D eigenvalue weighted by atomic mass is 9.47. The van der Waals surface area contributed by atoms with E-state index in [1.54, 1.807) is 0 Å². The maximum atomic E-state index is 9.45. The molecule has 124 valence electrons. The van der Waals surface area contributed by atoms with Crippen LogP contribution in [-0.4, -0.2) is 11.7 Å². The predicted molar refractivity (Wildman–Crippen MR) is 91.5 cm³/mol. The number of allylic oxidation sites excluding steroid dienone is 2. The van der Waals surface area contributed by atoms with Crippen molar-refractivity contribution in [2.45, 2.75) is 78.1 Å². The van der Waals surface area contributed by atoms with Crippen molar-refractivity contribution in [2.24, 2.45) is 34.5 Å². The number of rotatable bonds is 2. The maximum absolute atomic E-state index is 9.45. The van der Waals surface area contributed by atoms with Crippen molar-refractivity contribution >= 4 is 0 Å². The number of fused-ring (bicyclic) bond motifs is 5. The van der Waals surface area contributed by atoms with Gasteiger partial charge in [0.1, 0.15) is 0 Å². The molecule has 0 aromatic carbocycles. The Labute approximate surface area is 136 Å². The van der Waals surface area contributed by atoms with Gasteiger partial charge in [-0.3, -0.25) is 0 Å². The molecule has 0 saturated heterocycles. The first kappa shape index (κ1) is 15.2. The molecule has 0 amide bonds. The number of hydrogen-bond donors (Lipinski definition) is 1. The number of aliphatic hydroxyl groups excluding tert-OH is 1. The summed E-state index contributed by atoms with van der Waals surface area (Å²) in [6, 6.07) is 0. The van der Waals surface area contributed by atoms with Crippen LogP contribution in [0.15, 0.2) is 11.6 Å². The molecule has 6 atom stereocenters. The van der Waals surface area contributed by atoms with Crippen LogP contribution in [0, 0.1) is 34.5 Å². The van der Waals surface area contributed by atoms with E-state index in [4.69, 9.17) is 0 Å². The van der Waals surface area contributed by atoms with Gasteiger partial charge in [-0.1, -0.05) is 25.5 Å². The highest BCUT2D eigenvalue weighted by molar-refractivity contribution is 5.23. The predicted octanol–water partition coefficient (Wildman–Crippen LogP) is 5.34. The number of hydrogen-bond acceptors (Lipinski definition) is 1. The van der Waals surface area contributed by atoms with E-state index in [-0.39, 0.29) is 0 Å². The van der Waals surface area contributed by atoms with Crippen molar-refractivity contribution in [3.63, 3.8) is 0 Å². The van der Waals surface area contributed by atoms with Crippen LogP contribution < -0.4 is 0 Å². The van der Waals surface area contributed by atoms with Crippen LogP contribution >= 0.6 is 0 Å². The van der Waals surface area contributed by atoms with Gasteiger partial charge >= 0.3 is 0 Å². The lowest BCUT2D eigenvalue weighted by Crippen LogP contribution is -2.50. The maximum Gasteiger partial charge on any atom is 0.0433 e. The summed E-state index contributed by atoms with van der Waals surface area (Å²) in [5, 5.41) is 9.45. The Kier molecular flexibility index (Phi) is 3.72. The zero-order valence-corrected chi connectivity index (χ0v) is 14.6. The van der Waals surface area contributed by atoms with E-state index in [1.165, 1.54) is 57.8 Å². The molecule has 1 N–H and O–H groups in total. The highest BCUT2D eigenvalue weighted by Crippen LogP contribution is 2.67. The van der Waals surface area contributed by atoms with Crippen molar-refractivity contribution in [2.75, 3.05) is 6.61 Å². The standard InChI is InChI=1S/C21H34O/c1-20-12-4-3-5-15(20)6-8-17-18-9-7-16(11-14-22)21(18,2)13-10-19(17)20/h5,16-19,22H,3-4,6-14H2,1-2H3/t16-,17+,18+,19+,20+,21-/m1/s1. The Morgan fingerprint density at radius 1 is 1.09 bits per heavy atom. The molecule has 0 spiro atoms. The molecular formula is C21H34O. The second kappa shape index (κ2) is 5.36. The zero-order chi connectivity index (χ0) is 15.4. The summed E-state index contributed by atoms with van der Waals surface area (Å²) in [4.78, 5) is 0. The summed E-state index contributed by atoms with van der Waals surface area (Å²) in [5.74, 6) is 3.67. The van der Waals surface area contributed by atoms with E-state index < -0.39 is 0 Å². The molecule has 0 aromatic heterocycles. The Balaban J connectivity index is 1.62. The van der Waals surface area contributed by atoms with Gasteiger partial charge in [0.05, 0.1) is 0 Å². The summed E-state index contributed by atoms with van der Waals surface area (Å²) >= 11 is 0. The van der Waals surface area contributed by atoms with Crippen molar-refractivity contribution in [3.05, 3.63) is 11.6 Å². The lowest BCUT2D eigenvalue weighted by molar-refractivity contribution is -0.0537. The molecule has 0 heterocycles. The second-order valence-corrected chi connectivity index (χ2v) is 9.29. The van der Waals surface area contributed by atoms with E-state index in [9.17, 15) is 5.11 Å². The van der Waals surface area contributed by atoms with Crippen LogP contribution in [0.1, 0.15) is 78.1 Å². The minimum absolute atomic E-state index is 0.395. The van der Waals surface area contributed by atoms with E-state index in [2.05, 4.69) is 19.9 Å². The summed E-state index contributed by atoms with van der Waals surface area (Å²) in [6.07, 6.45) is 16.4. The molecule has 0 unspecified atom stereocenters. The van der Waals surface area contributed by atoms with Crippen LogP contribution in [0.2, 0.25) is 0 Å². The molecule has 0 bridgehead atoms. The smallest absolute Gasteiger partial charge is 0.0433 e. The highest BCUT2D eigenvalue weighted by Gasteiger charge is 2.58. The van der Waals surface area contributed by atoms with Gasteiger partial charge in [0.25, 0.3) is 0 Å². The van der Waals surface area contributed by atoms with Crippen molar-refractivity contribution in [1.29, 1.82) is 0 Å². The number of aliphatic hydroxyl groups is 1. The SMILES string of the molecule is C[C@]12CC[C@H]3[C@@H](CCC4=CCCC[C@@]43C)[C@@H]1CC[C@@H]2CCO. The van der Waals surface area contributed by atoms with Crippen molar-refractivity contribution < 1.29 is 5.11 Å². The Morgan fingerprint density at radius 3 is 2.77 bits per heavy atom. The molecule has 0 radical (unpaired) electrons. The second-order valence-electron chi connectivity index (χ2n) is 9.29. The normalized spacial score (nSPS) is 50.8. The molecule has 1 nitrogen and oxygen atoms in total. The third-order valence-electron chi connectivity index (χ3n) is 8.70. The fourth-order valence-corrected chi connectivity index (χ4v) is 7.49. The largest absolute Gasteiger partial charge is 0.396 e. The van der Waals surface area contributed by atoms with Gasteiger partial charge in [-0.05, 0) is 98.7 Å². The molecule has 4 rings (SSSR count). The molecule has 0 aliphatic heterocycles. The molecule has 3 saturated carbocycles. The Hall–Kier alpha value is -0.300. The van der Waals surface area contributed by atoms with E-state index in [0.717, 1.165) is 30.1 Å². The summed E-state index contributed by atoms with van der Waals surface area (Å²) in [7, 11) is 0. The highest BCUT2D eigenvalue weighted by atomic mass is 16.3. The Bertz CT molecular complexity index is 467. The molecule has 1 heteroatoms. The van der Waals surface area contributed by atoms with E-state index in [0.29, 0.717) is 17.4 Å². The summed E-state index contributed by atoms with van der Waals surface area (Å²) < 4.78 is 0. The fourth-order valence-electron chi connectivity index (χ4n) is 7.49. The summed E-state index contributed by atoms with van der Waals surface area (Å²) in [6.45, 7) is 5.58. The first-order chi connectivity index (χ1) is 10.6. The zero-order valence-electron chi connectivity index (χ0n) is 14.6. The van der Waals surface area contributed by atoms with Crippen LogP contribution in [0.4, 0.5) is 0 Å². The summed E-state index contributed by atoms with van der Waals surface area (Å²) in [5.41, 5.74) is 2.90. The van der Waals surface area contributed by atoms with Gasteiger partial charge in [-0.2, -0.15) is 0 Å². The van der Waals surface area contributed by atoms with E-state index >= 15 is 0 Å². The van der Waals surface area contributed by atoms with Gasteiger partial charge < -0.3 is 5.11 Å². The fraction of sp³-hybridized carbons (Fsp3) is 0.905. The van der Waals surface area contributed by atoms with Crippen LogP contribution in [-0.2, 0) is 0 Å². The quantitative estimate of drug-likeness (QED) is 0.683. The van der Waals surface area contributed by atoms with Crippen LogP contribution in [0.3, 0.4) is 0 Å². The third kappa shape index (κ3) is 2.00. The van der Waals surface area contributed by atoms with Gasteiger partial charge in [0.15, 0.2) is 0 Å². The minimum atomic E-state index is 0.395. The molecule has 4 aliphatic rings. The molecule has 3 fully saturated rings. The topological polar surface area (TPSA) is 20.2 Å².